The first kappa shape index (κ1) is 20.6. The minimum Gasteiger partial charge on any atom is -0.493 e. The van der Waals surface area contributed by atoms with E-state index in [1.807, 2.05) is 6.07 Å². The Labute approximate surface area is 173 Å². The second kappa shape index (κ2) is 8.48. The van der Waals surface area contributed by atoms with Crippen LogP contribution >= 0.6 is 12.2 Å². The average Bonchev–Trinajstić information content (AvgIpc) is 2.73. The first-order valence-corrected chi connectivity index (χ1v) is 9.19. The van der Waals surface area contributed by atoms with E-state index in [0.29, 0.717) is 39.1 Å². The molecule has 0 unspecified atom stereocenters. The zero-order valence-corrected chi connectivity index (χ0v) is 17.3. The Hall–Kier alpha value is -3.13. The van der Waals surface area contributed by atoms with E-state index >= 15 is 0 Å². The van der Waals surface area contributed by atoms with Crippen LogP contribution in [0.1, 0.15) is 18.5 Å². The molecule has 1 atom stereocenters. The summed E-state index contributed by atoms with van der Waals surface area (Å²) in [6.45, 7) is 1.77. The number of esters is 1. The van der Waals surface area contributed by atoms with Gasteiger partial charge in [0.1, 0.15) is 5.82 Å². The maximum absolute atomic E-state index is 13.4. The van der Waals surface area contributed by atoms with Crippen LogP contribution in [0.2, 0.25) is 0 Å². The van der Waals surface area contributed by atoms with Crippen molar-refractivity contribution in [1.29, 1.82) is 0 Å². The Bertz CT molecular complexity index is 975. The lowest BCUT2D eigenvalue weighted by molar-refractivity contribution is -0.136. The number of carbonyl (C=O) groups excluding carboxylic acids is 1. The highest BCUT2D eigenvalue weighted by Crippen LogP contribution is 2.41. The molecular formula is C21H21FN2O4S. The van der Waals surface area contributed by atoms with Crippen molar-refractivity contribution in [3.63, 3.8) is 0 Å². The van der Waals surface area contributed by atoms with Gasteiger partial charge in [-0.25, -0.2) is 9.18 Å². The summed E-state index contributed by atoms with van der Waals surface area (Å²) in [4.78, 5) is 14.4. The van der Waals surface area contributed by atoms with Crippen molar-refractivity contribution in [2.75, 3.05) is 26.2 Å². The number of nitrogens with zero attached hydrogens (tertiary/aromatic N) is 1. The molecule has 152 valence electrons. The molecule has 0 aromatic heterocycles. The number of benzene rings is 2. The van der Waals surface area contributed by atoms with Crippen molar-refractivity contribution < 1.29 is 23.4 Å². The van der Waals surface area contributed by atoms with E-state index in [4.69, 9.17) is 26.4 Å². The zero-order chi connectivity index (χ0) is 21.1. The molecule has 8 heteroatoms. The van der Waals surface area contributed by atoms with E-state index in [2.05, 4.69) is 5.32 Å². The van der Waals surface area contributed by atoms with Crippen LogP contribution in [0.4, 0.5) is 10.1 Å². The van der Waals surface area contributed by atoms with Crippen LogP contribution in [-0.4, -0.2) is 32.4 Å². The van der Waals surface area contributed by atoms with Gasteiger partial charge in [0.25, 0.3) is 0 Å². The lowest BCUT2D eigenvalue weighted by Gasteiger charge is -2.37. The average molecular weight is 416 g/mol. The van der Waals surface area contributed by atoms with Gasteiger partial charge < -0.3 is 19.5 Å². The first-order chi connectivity index (χ1) is 13.9. The summed E-state index contributed by atoms with van der Waals surface area (Å²) in [6, 6.07) is 10.6. The van der Waals surface area contributed by atoms with Gasteiger partial charge in [-0.15, -0.1) is 0 Å². The Morgan fingerprint density at radius 2 is 1.79 bits per heavy atom. The van der Waals surface area contributed by atoms with Crippen LogP contribution in [0.3, 0.4) is 0 Å². The molecule has 2 aromatic carbocycles. The lowest BCUT2D eigenvalue weighted by atomic mass is 9.93. The number of nitrogens with one attached hydrogen (secondary N) is 1. The number of hydrogen-bond donors (Lipinski definition) is 1. The molecule has 0 radical (unpaired) electrons. The smallest absolute Gasteiger partial charge is 0.337 e. The van der Waals surface area contributed by atoms with E-state index in [9.17, 15) is 9.18 Å². The van der Waals surface area contributed by atoms with Gasteiger partial charge in [0.15, 0.2) is 16.6 Å². The number of carbonyl (C=O) groups is 1. The van der Waals surface area contributed by atoms with Crippen LogP contribution in [-0.2, 0) is 9.53 Å². The summed E-state index contributed by atoms with van der Waals surface area (Å²) in [5.74, 6) is 0.137. The zero-order valence-electron chi connectivity index (χ0n) is 16.5. The Morgan fingerprint density at radius 3 is 2.38 bits per heavy atom. The number of thiocarbonyl (C=S) groups is 1. The summed E-state index contributed by atoms with van der Waals surface area (Å²) >= 11 is 5.58. The molecule has 1 aliphatic heterocycles. The molecule has 0 bridgehead atoms. The number of hydrogen-bond acceptors (Lipinski definition) is 5. The van der Waals surface area contributed by atoms with Gasteiger partial charge in [-0.3, -0.25) is 4.90 Å². The van der Waals surface area contributed by atoms with E-state index in [1.165, 1.54) is 26.4 Å². The van der Waals surface area contributed by atoms with Gasteiger partial charge in [0, 0.05) is 16.9 Å². The van der Waals surface area contributed by atoms with Gasteiger partial charge in [-0.05, 0) is 49.5 Å². The fraction of sp³-hybridized carbons (Fsp3) is 0.238. The molecule has 3 rings (SSSR count). The number of rotatable bonds is 5. The third-order valence-corrected chi connectivity index (χ3v) is 5.02. The van der Waals surface area contributed by atoms with Gasteiger partial charge in [0.05, 0.1) is 32.9 Å². The summed E-state index contributed by atoms with van der Waals surface area (Å²) < 4.78 is 29.3. The third-order valence-electron chi connectivity index (χ3n) is 4.72. The number of methoxy groups -OCH3 is 3. The fourth-order valence-electron chi connectivity index (χ4n) is 3.39. The molecule has 0 aliphatic carbocycles. The highest BCUT2D eigenvalue weighted by atomic mass is 32.1. The summed E-state index contributed by atoms with van der Waals surface area (Å²) in [7, 11) is 4.39. The van der Waals surface area contributed by atoms with E-state index < -0.39 is 12.0 Å². The lowest BCUT2D eigenvalue weighted by Crippen LogP contribution is -2.48. The normalized spacial score (nSPS) is 16.4. The summed E-state index contributed by atoms with van der Waals surface area (Å²) in [5.41, 5.74) is 2.23. The standard InChI is InChI=1S/C21H21FN2O4S/c1-12-17(20(25)28-4)18(15-6-5-7-16(26-2)19(15)27-3)23-21(29)24(12)14-10-8-13(22)9-11-14/h5-11,18H,1-4H3,(H,23,29)/t18-/m0/s1. The van der Waals surface area contributed by atoms with Gasteiger partial charge in [-0.1, -0.05) is 12.1 Å². The fourth-order valence-corrected chi connectivity index (χ4v) is 3.75. The quantitative estimate of drug-likeness (QED) is 0.589. The second-order valence-electron chi connectivity index (χ2n) is 6.27. The number of halogens is 1. The molecule has 6 nitrogen and oxygen atoms in total. The molecule has 0 fully saturated rings. The van der Waals surface area contributed by atoms with Crippen LogP contribution in [0.25, 0.3) is 0 Å². The molecular weight excluding hydrogens is 395 g/mol. The monoisotopic (exact) mass is 416 g/mol. The van der Waals surface area contributed by atoms with Gasteiger partial charge >= 0.3 is 5.97 Å². The van der Waals surface area contributed by atoms with Crippen LogP contribution < -0.4 is 19.7 Å². The summed E-state index contributed by atoms with van der Waals surface area (Å²) in [6.07, 6.45) is 0. The van der Waals surface area contributed by atoms with Gasteiger partial charge in [-0.2, -0.15) is 0 Å². The maximum Gasteiger partial charge on any atom is 0.337 e. The Balaban J connectivity index is 2.19. The molecule has 0 amide bonds. The number of ether oxygens (including phenoxy) is 3. The van der Waals surface area contributed by atoms with Crippen LogP contribution in [0.5, 0.6) is 11.5 Å². The maximum atomic E-state index is 13.4. The molecule has 0 spiro atoms. The molecule has 0 saturated heterocycles. The number of allylic oxidation sites excluding steroid dienone is 1. The second-order valence-corrected chi connectivity index (χ2v) is 6.65. The van der Waals surface area contributed by atoms with E-state index in [0.717, 1.165) is 0 Å². The molecule has 1 heterocycles. The van der Waals surface area contributed by atoms with E-state index in [-0.39, 0.29) is 5.82 Å². The largest absolute Gasteiger partial charge is 0.493 e. The van der Waals surface area contributed by atoms with Crippen molar-refractivity contribution >= 4 is 29.0 Å². The van der Waals surface area contributed by atoms with E-state index in [1.54, 1.807) is 43.2 Å². The predicted molar refractivity (Wildman–Crippen MR) is 112 cm³/mol. The highest BCUT2D eigenvalue weighted by Gasteiger charge is 2.37. The minimum absolute atomic E-state index is 0.358. The van der Waals surface area contributed by atoms with Crippen molar-refractivity contribution in [2.45, 2.75) is 13.0 Å². The minimum atomic E-state index is -0.614. The topological polar surface area (TPSA) is 60.0 Å². The predicted octanol–water partition coefficient (Wildman–Crippen LogP) is 3.73. The molecule has 1 aliphatic rings. The SMILES string of the molecule is COC(=O)C1=C(C)N(c2ccc(F)cc2)C(=S)N[C@H]1c1cccc(OC)c1OC. The Morgan fingerprint density at radius 1 is 1.10 bits per heavy atom. The van der Waals surface area contributed by atoms with Crippen LogP contribution in [0.15, 0.2) is 53.7 Å². The molecule has 0 saturated carbocycles. The van der Waals surface area contributed by atoms with Crippen LogP contribution in [0, 0.1) is 5.82 Å². The van der Waals surface area contributed by atoms with Gasteiger partial charge in [0.2, 0.25) is 0 Å². The number of para-hydroxylation sites is 1. The molecule has 29 heavy (non-hydrogen) atoms. The van der Waals surface area contributed by atoms with Crippen molar-refractivity contribution in [1.82, 2.24) is 5.32 Å². The van der Waals surface area contributed by atoms with Crippen molar-refractivity contribution in [3.05, 3.63) is 65.1 Å². The van der Waals surface area contributed by atoms with Crippen molar-refractivity contribution in [2.24, 2.45) is 0 Å². The molecule has 2 aromatic rings. The van der Waals surface area contributed by atoms with Crippen molar-refractivity contribution in [3.8, 4) is 11.5 Å². The Kier molecular flexibility index (Phi) is 6.03. The molecule has 1 N–H and O–H groups in total. The summed E-state index contributed by atoms with van der Waals surface area (Å²) in [5, 5.41) is 3.54. The third kappa shape index (κ3) is 3.75. The first-order valence-electron chi connectivity index (χ1n) is 8.79. The number of anilines is 1. The highest BCUT2D eigenvalue weighted by molar-refractivity contribution is 7.80.